The minimum absolute atomic E-state index is 0. The average Bonchev–Trinajstić information content (AvgIpc) is 2.56. The number of hydrogen-bond donors (Lipinski definition) is 2. The summed E-state index contributed by atoms with van der Waals surface area (Å²) in [6.07, 6.45) is 0. The molecule has 0 bridgehead atoms. The molecule has 0 unspecified atom stereocenters. The van der Waals surface area contributed by atoms with E-state index in [0.717, 1.165) is 31.7 Å². The van der Waals surface area contributed by atoms with Crippen molar-refractivity contribution in [1.29, 1.82) is 0 Å². The van der Waals surface area contributed by atoms with E-state index in [2.05, 4.69) is 10.2 Å². The molecule has 0 aromatic heterocycles. The first-order chi connectivity index (χ1) is 10.2. The van der Waals surface area contributed by atoms with Crippen molar-refractivity contribution in [3.8, 4) is 17.2 Å². The lowest BCUT2D eigenvalue weighted by Gasteiger charge is -2.35. The number of benzene rings is 1. The largest absolute Gasteiger partial charge is 0.496 e. The lowest BCUT2D eigenvalue weighted by atomic mass is 10.0. The number of piperazine rings is 1. The van der Waals surface area contributed by atoms with Crippen molar-refractivity contribution >= 4 is 12.4 Å². The zero-order valence-corrected chi connectivity index (χ0v) is 14.1. The van der Waals surface area contributed by atoms with Crippen LogP contribution in [-0.4, -0.2) is 64.1 Å². The molecule has 2 rings (SSSR count). The van der Waals surface area contributed by atoms with Gasteiger partial charge in [0.05, 0.1) is 39.5 Å². The van der Waals surface area contributed by atoms with Crippen LogP contribution in [0.3, 0.4) is 0 Å². The predicted octanol–water partition coefficient (Wildman–Crippen LogP) is 1.07. The molecule has 1 atom stereocenters. The lowest BCUT2D eigenvalue weighted by Crippen LogP contribution is -2.46. The molecular weight excluding hydrogens is 308 g/mol. The van der Waals surface area contributed by atoms with E-state index < -0.39 is 0 Å². The van der Waals surface area contributed by atoms with Gasteiger partial charge in [0.1, 0.15) is 17.2 Å². The summed E-state index contributed by atoms with van der Waals surface area (Å²) in [6.45, 7) is 3.60. The van der Waals surface area contributed by atoms with Gasteiger partial charge in [0.15, 0.2) is 0 Å². The molecule has 126 valence electrons. The van der Waals surface area contributed by atoms with Crippen LogP contribution in [0.5, 0.6) is 17.2 Å². The van der Waals surface area contributed by atoms with E-state index in [4.69, 9.17) is 14.2 Å². The molecule has 6 nitrogen and oxygen atoms in total. The Kier molecular flexibility index (Phi) is 7.75. The Hall–Kier alpha value is -1.21. The second-order valence-corrected chi connectivity index (χ2v) is 4.93. The van der Waals surface area contributed by atoms with Crippen LogP contribution in [0.15, 0.2) is 12.1 Å². The highest BCUT2D eigenvalue weighted by atomic mass is 35.5. The maximum atomic E-state index is 9.89. The smallest absolute Gasteiger partial charge is 0.131 e. The number of rotatable bonds is 6. The Balaban J connectivity index is 0.00000242. The van der Waals surface area contributed by atoms with Gasteiger partial charge in [-0.2, -0.15) is 0 Å². The third kappa shape index (κ3) is 3.95. The Morgan fingerprint density at radius 2 is 1.64 bits per heavy atom. The van der Waals surface area contributed by atoms with Crippen LogP contribution in [0, 0.1) is 0 Å². The fraction of sp³-hybridized carbons (Fsp3) is 0.600. The van der Waals surface area contributed by atoms with Crippen molar-refractivity contribution in [2.24, 2.45) is 0 Å². The van der Waals surface area contributed by atoms with Crippen molar-refractivity contribution in [3.63, 3.8) is 0 Å². The number of nitrogens with zero attached hydrogens (tertiary/aromatic N) is 1. The van der Waals surface area contributed by atoms with Crippen molar-refractivity contribution < 1.29 is 19.3 Å². The molecule has 2 N–H and O–H groups in total. The molecule has 1 saturated heterocycles. The fourth-order valence-electron chi connectivity index (χ4n) is 2.74. The number of aliphatic hydroxyl groups is 1. The van der Waals surface area contributed by atoms with E-state index in [1.54, 1.807) is 21.3 Å². The summed E-state index contributed by atoms with van der Waals surface area (Å²) < 4.78 is 16.2. The number of halogens is 1. The minimum Gasteiger partial charge on any atom is -0.496 e. The Labute approximate surface area is 137 Å². The van der Waals surface area contributed by atoms with Gasteiger partial charge in [0.2, 0.25) is 0 Å². The van der Waals surface area contributed by atoms with E-state index in [9.17, 15) is 5.11 Å². The predicted molar refractivity (Wildman–Crippen MR) is 87.6 cm³/mol. The zero-order chi connectivity index (χ0) is 15.2. The van der Waals surface area contributed by atoms with Gasteiger partial charge in [-0.25, -0.2) is 0 Å². The second kappa shape index (κ2) is 9.05. The Morgan fingerprint density at radius 3 is 2.05 bits per heavy atom. The van der Waals surface area contributed by atoms with Gasteiger partial charge in [-0.3, -0.25) is 4.90 Å². The van der Waals surface area contributed by atoms with Crippen LogP contribution in [0.25, 0.3) is 0 Å². The lowest BCUT2D eigenvalue weighted by molar-refractivity contribution is 0.106. The van der Waals surface area contributed by atoms with Gasteiger partial charge in [-0.15, -0.1) is 12.4 Å². The minimum atomic E-state index is -0.150. The molecule has 7 heteroatoms. The van der Waals surface area contributed by atoms with Crippen LogP contribution < -0.4 is 19.5 Å². The second-order valence-electron chi connectivity index (χ2n) is 4.93. The molecule has 0 amide bonds. The van der Waals surface area contributed by atoms with E-state index >= 15 is 0 Å². The quantitative estimate of drug-likeness (QED) is 0.812. The molecule has 1 fully saturated rings. The summed E-state index contributed by atoms with van der Waals surface area (Å²) in [6, 6.07) is 3.49. The molecule has 1 aliphatic heterocycles. The van der Waals surface area contributed by atoms with Crippen LogP contribution in [-0.2, 0) is 0 Å². The molecule has 0 saturated carbocycles. The summed E-state index contributed by atoms with van der Waals surface area (Å²) in [5.74, 6) is 2.01. The SMILES string of the molecule is COc1cc(OC)c([C@H](CO)N2CCNCC2)c(OC)c1.Cl. The van der Waals surface area contributed by atoms with Crippen LogP contribution in [0.1, 0.15) is 11.6 Å². The Morgan fingerprint density at radius 1 is 1.09 bits per heavy atom. The molecule has 1 aliphatic rings. The summed E-state index contributed by atoms with van der Waals surface area (Å²) in [4.78, 5) is 2.24. The first kappa shape index (κ1) is 18.8. The monoisotopic (exact) mass is 332 g/mol. The van der Waals surface area contributed by atoms with Gasteiger partial charge < -0.3 is 24.6 Å². The summed E-state index contributed by atoms with van der Waals surface area (Å²) in [5, 5.41) is 13.2. The van der Waals surface area contributed by atoms with Crippen molar-refractivity contribution in [2.75, 3.05) is 54.1 Å². The third-order valence-corrected chi connectivity index (χ3v) is 3.85. The molecular formula is C15H25ClN2O4. The Bertz CT molecular complexity index is 442. The molecule has 0 aliphatic carbocycles. The first-order valence-electron chi connectivity index (χ1n) is 7.10. The molecule has 22 heavy (non-hydrogen) atoms. The zero-order valence-electron chi connectivity index (χ0n) is 13.3. The molecule has 0 radical (unpaired) electrons. The topological polar surface area (TPSA) is 63.2 Å². The van der Waals surface area contributed by atoms with Crippen LogP contribution in [0.4, 0.5) is 0 Å². The molecule has 1 aromatic carbocycles. The number of hydrogen-bond acceptors (Lipinski definition) is 6. The highest BCUT2D eigenvalue weighted by molar-refractivity contribution is 5.85. The summed E-state index contributed by atoms with van der Waals surface area (Å²) in [5.41, 5.74) is 0.866. The standard InChI is InChI=1S/C15H24N2O4.ClH/c1-19-11-8-13(20-2)15(14(9-11)21-3)12(10-18)17-6-4-16-5-7-17;/h8-9,12,16,18H,4-7,10H2,1-3H3;1H/t12-;/m0./s1. The number of ether oxygens (including phenoxy) is 3. The molecule has 1 aromatic rings. The van der Waals surface area contributed by atoms with E-state index in [1.807, 2.05) is 12.1 Å². The maximum Gasteiger partial charge on any atom is 0.131 e. The summed E-state index contributed by atoms with van der Waals surface area (Å²) in [7, 11) is 4.83. The summed E-state index contributed by atoms with van der Waals surface area (Å²) >= 11 is 0. The molecule has 0 spiro atoms. The number of aliphatic hydroxyl groups excluding tert-OH is 1. The highest BCUT2D eigenvalue weighted by Crippen LogP contribution is 2.40. The first-order valence-corrected chi connectivity index (χ1v) is 7.10. The number of methoxy groups -OCH3 is 3. The van der Waals surface area contributed by atoms with Crippen LogP contribution in [0.2, 0.25) is 0 Å². The van der Waals surface area contributed by atoms with E-state index in [0.29, 0.717) is 17.2 Å². The third-order valence-electron chi connectivity index (χ3n) is 3.85. The highest BCUT2D eigenvalue weighted by Gasteiger charge is 2.28. The van der Waals surface area contributed by atoms with Gasteiger partial charge in [-0.1, -0.05) is 0 Å². The van der Waals surface area contributed by atoms with E-state index in [-0.39, 0.29) is 25.1 Å². The van der Waals surface area contributed by atoms with Crippen molar-refractivity contribution in [3.05, 3.63) is 17.7 Å². The van der Waals surface area contributed by atoms with Gasteiger partial charge >= 0.3 is 0 Å². The van der Waals surface area contributed by atoms with Gasteiger partial charge in [0, 0.05) is 38.3 Å². The average molecular weight is 333 g/mol. The maximum absolute atomic E-state index is 9.89. The van der Waals surface area contributed by atoms with Crippen molar-refractivity contribution in [2.45, 2.75) is 6.04 Å². The van der Waals surface area contributed by atoms with E-state index in [1.165, 1.54) is 0 Å². The van der Waals surface area contributed by atoms with Gasteiger partial charge in [-0.05, 0) is 0 Å². The molecule has 1 heterocycles. The van der Waals surface area contributed by atoms with Crippen molar-refractivity contribution in [1.82, 2.24) is 10.2 Å². The van der Waals surface area contributed by atoms with Crippen LogP contribution >= 0.6 is 12.4 Å². The number of nitrogens with one attached hydrogen (secondary N) is 1. The normalized spacial score (nSPS) is 16.5. The van der Waals surface area contributed by atoms with Gasteiger partial charge in [0.25, 0.3) is 0 Å². The fourth-order valence-corrected chi connectivity index (χ4v) is 2.74.